The molecule has 7 rings (SSSR count). The standard InChI is InChI=1S/C37H50ClN11O2S/c1-37(40)9-13-49(14-10-37)31-22-42-36(34(39)44-31)52-30-4-2-3-29(33(30)38)43-24-47-17-15-46(16-18-47)23-25-7-11-48(12-8-25)27-19-26(20-41-21-27)28-5-6-32(50)45-35(28)51/h2-4,19-22,25,28,43H,5-18,23-24,40H2,1H3,(H2,39,44)(H,45,50,51). The van der Waals surface area contributed by atoms with Gasteiger partial charge < -0.3 is 31.5 Å². The van der Waals surface area contributed by atoms with Crippen LogP contribution in [0.2, 0.25) is 5.02 Å². The Bertz CT molecular complexity index is 1740. The molecule has 2 aromatic heterocycles. The van der Waals surface area contributed by atoms with Crippen LogP contribution in [0, 0.1) is 5.92 Å². The van der Waals surface area contributed by atoms with Crippen LogP contribution in [0.3, 0.4) is 0 Å². The molecule has 6 heterocycles. The number of benzene rings is 1. The van der Waals surface area contributed by atoms with Crippen molar-refractivity contribution in [2.24, 2.45) is 11.7 Å². The number of piperazine rings is 1. The van der Waals surface area contributed by atoms with Crippen molar-refractivity contribution in [3.8, 4) is 0 Å². The normalized spacial score (nSPS) is 22.0. The summed E-state index contributed by atoms with van der Waals surface area (Å²) in [5.41, 5.74) is 15.4. The molecule has 4 saturated heterocycles. The maximum absolute atomic E-state index is 12.4. The molecule has 2 amide bonds. The van der Waals surface area contributed by atoms with Crippen LogP contribution < -0.4 is 31.9 Å². The topological polar surface area (TPSA) is 162 Å². The van der Waals surface area contributed by atoms with Gasteiger partial charge in [-0.05, 0) is 68.7 Å². The lowest BCUT2D eigenvalue weighted by Gasteiger charge is -2.39. The number of anilines is 4. The van der Waals surface area contributed by atoms with Gasteiger partial charge in [0, 0.05) is 82.0 Å². The van der Waals surface area contributed by atoms with Gasteiger partial charge in [0.25, 0.3) is 0 Å². The SMILES string of the molecule is CC1(N)CCN(c2cnc(Sc3cccc(NCN4CCN(CC5CCN(c6cncc(C7CCC(=O)NC7=O)c6)CC5)CC4)c3Cl)c(N)n2)CC1. The van der Waals surface area contributed by atoms with Crippen LogP contribution in [0.4, 0.5) is 23.0 Å². The number of piperidine rings is 3. The second-order valence-electron chi connectivity index (χ2n) is 14.9. The van der Waals surface area contributed by atoms with Gasteiger partial charge in [0.15, 0.2) is 5.82 Å². The summed E-state index contributed by atoms with van der Waals surface area (Å²) in [6.45, 7) is 11.7. The number of rotatable bonds is 10. The zero-order valence-electron chi connectivity index (χ0n) is 29.9. The van der Waals surface area contributed by atoms with Crippen LogP contribution in [-0.4, -0.2) is 108 Å². The third kappa shape index (κ3) is 8.91. The number of nitrogens with two attached hydrogens (primary N) is 2. The van der Waals surface area contributed by atoms with Gasteiger partial charge in [-0.1, -0.05) is 29.4 Å². The quantitative estimate of drug-likeness (QED) is 0.221. The summed E-state index contributed by atoms with van der Waals surface area (Å²) in [4.78, 5) is 48.2. The maximum atomic E-state index is 12.4. The first-order valence-corrected chi connectivity index (χ1v) is 19.6. The summed E-state index contributed by atoms with van der Waals surface area (Å²) >= 11 is 8.32. The Balaban J connectivity index is 0.842. The lowest BCUT2D eigenvalue weighted by Crippen LogP contribution is -2.49. The Morgan fingerprint density at radius 2 is 1.73 bits per heavy atom. The van der Waals surface area contributed by atoms with Crippen LogP contribution in [0.25, 0.3) is 0 Å². The number of amides is 2. The minimum absolute atomic E-state index is 0.132. The predicted octanol–water partition coefficient (Wildman–Crippen LogP) is 4.00. The second-order valence-corrected chi connectivity index (χ2v) is 16.4. The van der Waals surface area contributed by atoms with E-state index in [1.807, 2.05) is 24.4 Å². The van der Waals surface area contributed by atoms with Gasteiger partial charge in [-0.25, -0.2) is 9.97 Å². The number of hydrogen-bond acceptors (Lipinski definition) is 13. The van der Waals surface area contributed by atoms with E-state index >= 15 is 0 Å². The monoisotopic (exact) mass is 747 g/mol. The molecule has 1 atom stereocenters. The number of nitrogen functional groups attached to an aromatic ring is 1. The van der Waals surface area contributed by atoms with E-state index in [-0.39, 0.29) is 23.3 Å². The highest BCUT2D eigenvalue weighted by molar-refractivity contribution is 7.99. The third-order valence-corrected chi connectivity index (χ3v) is 12.6. The summed E-state index contributed by atoms with van der Waals surface area (Å²) in [6, 6.07) is 8.08. The fourth-order valence-corrected chi connectivity index (χ4v) is 8.70. The number of imide groups is 1. The van der Waals surface area contributed by atoms with E-state index in [1.54, 1.807) is 12.4 Å². The summed E-state index contributed by atoms with van der Waals surface area (Å²) in [5, 5.41) is 7.32. The van der Waals surface area contributed by atoms with Crippen molar-refractivity contribution in [2.45, 2.75) is 66.8 Å². The molecule has 15 heteroatoms. The molecule has 0 spiro atoms. The lowest BCUT2D eigenvalue weighted by molar-refractivity contribution is -0.134. The number of carbonyl (C=O) groups is 2. The average Bonchev–Trinajstić information content (AvgIpc) is 3.14. The molecule has 0 radical (unpaired) electrons. The minimum Gasteiger partial charge on any atom is -0.381 e. The van der Waals surface area contributed by atoms with Gasteiger partial charge in [-0.15, -0.1) is 0 Å². The number of nitrogens with one attached hydrogen (secondary N) is 2. The number of nitrogens with zero attached hydrogens (tertiary/aromatic N) is 7. The fourth-order valence-electron chi connectivity index (χ4n) is 7.58. The Hall–Kier alpha value is -3.69. The van der Waals surface area contributed by atoms with Gasteiger partial charge in [0.05, 0.1) is 41.4 Å². The molecule has 6 N–H and O–H groups in total. The molecular weight excluding hydrogens is 698 g/mol. The fraction of sp³-hybridized carbons (Fsp3) is 0.541. The Labute approximate surface area is 315 Å². The third-order valence-electron chi connectivity index (χ3n) is 11.0. The molecule has 278 valence electrons. The highest BCUT2D eigenvalue weighted by atomic mass is 35.5. The molecule has 1 aromatic carbocycles. The largest absolute Gasteiger partial charge is 0.381 e. The first kappa shape index (κ1) is 36.7. The van der Waals surface area contributed by atoms with Crippen molar-refractivity contribution >= 4 is 58.2 Å². The zero-order valence-corrected chi connectivity index (χ0v) is 31.5. The van der Waals surface area contributed by atoms with Gasteiger partial charge in [0.2, 0.25) is 11.8 Å². The smallest absolute Gasteiger partial charge is 0.234 e. The van der Waals surface area contributed by atoms with E-state index in [2.05, 4.69) is 58.2 Å². The van der Waals surface area contributed by atoms with E-state index in [4.69, 9.17) is 23.1 Å². The van der Waals surface area contributed by atoms with Crippen LogP contribution in [0.5, 0.6) is 0 Å². The minimum atomic E-state index is -0.309. The van der Waals surface area contributed by atoms with Crippen LogP contribution in [0.1, 0.15) is 56.9 Å². The maximum Gasteiger partial charge on any atom is 0.234 e. The van der Waals surface area contributed by atoms with Crippen LogP contribution in [0.15, 0.2) is 52.8 Å². The Morgan fingerprint density at radius 1 is 0.981 bits per heavy atom. The van der Waals surface area contributed by atoms with E-state index in [0.29, 0.717) is 34.6 Å². The Morgan fingerprint density at radius 3 is 2.46 bits per heavy atom. The molecule has 1 unspecified atom stereocenters. The molecule has 4 aliphatic rings. The molecule has 0 aliphatic carbocycles. The van der Waals surface area contributed by atoms with Gasteiger partial charge in [-0.3, -0.25) is 24.8 Å². The van der Waals surface area contributed by atoms with Crippen molar-refractivity contribution in [3.63, 3.8) is 0 Å². The number of carbonyl (C=O) groups excluding carboxylic acids is 2. The highest BCUT2D eigenvalue weighted by Crippen LogP contribution is 2.39. The van der Waals surface area contributed by atoms with Crippen LogP contribution in [-0.2, 0) is 9.59 Å². The van der Waals surface area contributed by atoms with Crippen molar-refractivity contribution in [1.29, 1.82) is 0 Å². The number of halogens is 1. The lowest BCUT2D eigenvalue weighted by atomic mass is 9.91. The summed E-state index contributed by atoms with van der Waals surface area (Å²) in [7, 11) is 0. The van der Waals surface area contributed by atoms with Crippen molar-refractivity contribution < 1.29 is 9.59 Å². The zero-order chi connectivity index (χ0) is 36.2. The van der Waals surface area contributed by atoms with Crippen molar-refractivity contribution in [1.82, 2.24) is 30.1 Å². The van der Waals surface area contributed by atoms with Gasteiger partial charge in [0.1, 0.15) is 10.8 Å². The molecular formula is C37H50ClN11O2S. The number of pyridine rings is 1. The number of hydrogen-bond donors (Lipinski definition) is 4. The van der Waals surface area contributed by atoms with Gasteiger partial charge >= 0.3 is 0 Å². The molecule has 4 aliphatic heterocycles. The van der Waals surface area contributed by atoms with Gasteiger partial charge in [-0.2, -0.15) is 0 Å². The Kier molecular flexibility index (Phi) is 11.4. The summed E-state index contributed by atoms with van der Waals surface area (Å²) in [5.74, 6) is 1.13. The molecule has 0 saturated carbocycles. The molecule has 13 nitrogen and oxygen atoms in total. The second kappa shape index (κ2) is 16.1. The van der Waals surface area contributed by atoms with Crippen molar-refractivity contribution in [2.75, 3.05) is 86.4 Å². The average molecular weight is 748 g/mol. The molecule has 52 heavy (non-hydrogen) atoms. The number of aromatic nitrogens is 3. The first-order chi connectivity index (χ1) is 25.1. The van der Waals surface area contributed by atoms with E-state index in [1.165, 1.54) is 11.8 Å². The summed E-state index contributed by atoms with van der Waals surface area (Å²) < 4.78 is 0. The van der Waals surface area contributed by atoms with Crippen LogP contribution >= 0.6 is 23.4 Å². The highest BCUT2D eigenvalue weighted by Gasteiger charge is 2.30. The molecule has 4 fully saturated rings. The predicted molar refractivity (Wildman–Crippen MR) is 207 cm³/mol. The van der Waals surface area contributed by atoms with E-state index in [0.717, 1.165) is 119 Å². The molecule has 3 aromatic rings. The summed E-state index contributed by atoms with van der Waals surface area (Å²) in [6.07, 6.45) is 10.4. The van der Waals surface area contributed by atoms with Crippen molar-refractivity contribution in [3.05, 3.63) is 53.4 Å². The van der Waals surface area contributed by atoms with E-state index in [9.17, 15) is 9.59 Å². The molecule has 0 bridgehead atoms. The van der Waals surface area contributed by atoms with E-state index < -0.39 is 0 Å². The first-order valence-electron chi connectivity index (χ1n) is 18.4.